The van der Waals surface area contributed by atoms with E-state index in [2.05, 4.69) is 5.32 Å². The van der Waals surface area contributed by atoms with Gasteiger partial charge in [0.05, 0.1) is 6.04 Å². The molecule has 1 unspecified atom stereocenters. The lowest BCUT2D eigenvalue weighted by Gasteiger charge is -2.28. The monoisotopic (exact) mass is 149 g/mol. The molecule has 0 amide bonds. The summed E-state index contributed by atoms with van der Waals surface area (Å²) in [6.45, 7) is 1.73. The van der Waals surface area contributed by atoms with E-state index in [0.29, 0.717) is 6.42 Å². The van der Waals surface area contributed by atoms with Crippen molar-refractivity contribution in [1.82, 2.24) is 5.32 Å². The first-order valence-corrected chi connectivity index (χ1v) is 3.72. The van der Waals surface area contributed by atoms with Crippen molar-refractivity contribution in [3.8, 4) is 0 Å². The molecule has 0 radical (unpaired) electrons. The van der Waals surface area contributed by atoms with Crippen molar-refractivity contribution >= 4 is 0 Å². The lowest BCUT2D eigenvalue weighted by molar-refractivity contribution is -0.0263. The molecule has 0 aromatic rings. The Morgan fingerprint density at radius 1 is 1.40 bits per heavy atom. The van der Waals surface area contributed by atoms with Gasteiger partial charge in [0.2, 0.25) is 0 Å². The van der Waals surface area contributed by atoms with E-state index < -0.39 is 12.0 Å². The van der Waals surface area contributed by atoms with Crippen LogP contribution in [-0.4, -0.2) is 18.5 Å². The maximum Gasteiger partial charge on any atom is 0.260 e. The van der Waals surface area contributed by atoms with Gasteiger partial charge in [0, 0.05) is 6.92 Å². The molecule has 60 valence electrons. The van der Waals surface area contributed by atoms with Gasteiger partial charge in [0.15, 0.2) is 0 Å². The Balaban J connectivity index is 2.39. The summed E-state index contributed by atoms with van der Waals surface area (Å²) in [5.74, 6) is -2.54. The van der Waals surface area contributed by atoms with Crippen LogP contribution in [0.25, 0.3) is 0 Å². The van der Waals surface area contributed by atoms with Gasteiger partial charge in [0.25, 0.3) is 5.92 Å². The van der Waals surface area contributed by atoms with Crippen LogP contribution in [0.5, 0.6) is 0 Å². The third-order valence-electron chi connectivity index (χ3n) is 1.92. The molecule has 1 saturated heterocycles. The van der Waals surface area contributed by atoms with Gasteiger partial charge in [-0.3, -0.25) is 0 Å². The molecule has 0 saturated carbocycles. The average Bonchev–Trinajstić information content (AvgIpc) is 1.88. The molecule has 1 heterocycles. The van der Waals surface area contributed by atoms with E-state index in [1.807, 2.05) is 0 Å². The molecular weight excluding hydrogens is 136 g/mol. The van der Waals surface area contributed by atoms with Gasteiger partial charge in [-0.1, -0.05) is 6.42 Å². The number of hydrogen-bond donors (Lipinski definition) is 1. The summed E-state index contributed by atoms with van der Waals surface area (Å²) in [4.78, 5) is 0. The molecule has 1 atom stereocenters. The van der Waals surface area contributed by atoms with E-state index in [0.717, 1.165) is 26.3 Å². The van der Waals surface area contributed by atoms with Crippen LogP contribution in [0, 0.1) is 0 Å². The Morgan fingerprint density at radius 3 is 2.40 bits per heavy atom. The minimum absolute atomic E-state index is 0.582. The molecule has 1 fully saturated rings. The molecule has 1 aliphatic rings. The first-order chi connectivity index (χ1) is 4.61. The molecule has 1 rings (SSSR count). The van der Waals surface area contributed by atoms with Crippen molar-refractivity contribution in [2.75, 3.05) is 6.54 Å². The van der Waals surface area contributed by atoms with Crippen LogP contribution in [0.4, 0.5) is 8.78 Å². The van der Waals surface area contributed by atoms with Crippen molar-refractivity contribution in [3.05, 3.63) is 0 Å². The number of piperidine rings is 1. The van der Waals surface area contributed by atoms with Crippen LogP contribution < -0.4 is 5.32 Å². The summed E-state index contributed by atoms with van der Waals surface area (Å²) in [6, 6.07) is -0.582. The second-order valence-corrected chi connectivity index (χ2v) is 2.96. The Hall–Kier alpha value is -0.180. The van der Waals surface area contributed by atoms with E-state index in [9.17, 15) is 8.78 Å². The summed E-state index contributed by atoms with van der Waals surface area (Å²) in [6.07, 6.45) is 2.58. The Bertz CT molecular complexity index is 103. The highest BCUT2D eigenvalue weighted by molar-refractivity contribution is 4.82. The first-order valence-electron chi connectivity index (χ1n) is 3.72. The largest absolute Gasteiger partial charge is 0.309 e. The molecule has 0 bridgehead atoms. The van der Waals surface area contributed by atoms with Gasteiger partial charge in [0.1, 0.15) is 0 Å². The predicted molar refractivity (Wildman–Crippen MR) is 36.3 cm³/mol. The molecule has 1 aliphatic heterocycles. The van der Waals surface area contributed by atoms with Crippen LogP contribution in [0.1, 0.15) is 26.2 Å². The highest BCUT2D eigenvalue weighted by Gasteiger charge is 2.34. The van der Waals surface area contributed by atoms with Gasteiger partial charge < -0.3 is 5.32 Å². The highest BCUT2D eigenvalue weighted by Crippen LogP contribution is 2.23. The molecule has 0 aromatic carbocycles. The Labute approximate surface area is 59.8 Å². The summed E-state index contributed by atoms with van der Waals surface area (Å²) in [5, 5.41) is 2.81. The normalized spacial score (nSPS) is 28.5. The molecule has 1 N–H and O–H groups in total. The van der Waals surface area contributed by atoms with Crippen LogP contribution in [0.15, 0.2) is 0 Å². The minimum Gasteiger partial charge on any atom is -0.309 e. The van der Waals surface area contributed by atoms with E-state index in [-0.39, 0.29) is 0 Å². The van der Waals surface area contributed by atoms with Gasteiger partial charge in [-0.2, -0.15) is 0 Å². The molecule has 0 spiro atoms. The number of rotatable bonds is 1. The quantitative estimate of drug-likeness (QED) is 0.599. The summed E-state index contributed by atoms with van der Waals surface area (Å²) < 4.78 is 25.1. The molecule has 0 aromatic heterocycles. The number of halogens is 2. The lowest BCUT2D eigenvalue weighted by atomic mass is 10.0. The lowest BCUT2D eigenvalue weighted by Crippen LogP contribution is -2.45. The van der Waals surface area contributed by atoms with Crippen molar-refractivity contribution in [3.63, 3.8) is 0 Å². The van der Waals surface area contributed by atoms with E-state index in [4.69, 9.17) is 0 Å². The predicted octanol–water partition coefficient (Wildman–Crippen LogP) is 1.78. The van der Waals surface area contributed by atoms with Gasteiger partial charge in [-0.15, -0.1) is 0 Å². The zero-order valence-electron chi connectivity index (χ0n) is 6.16. The maximum atomic E-state index is 12.5. The van der Waals surface area contributed by atoms with E-state index in [1.54, 1.807) is 0 Å². The topological polar surface area (TPSA) is 12.0 Å². The third kappa shape index (κ3) is 1.90. The fourth-order valence-corrected chi connectivity index (χ4v) is 1.28. The van der Waals surface area contributed by atoms with Crippen molar-refractivity contribution in [2.24, 2.45) is 0 Å². The van der Waals surface area contributed by atoms with Crippen LogP contribution in [0.3, 0.4) is 0 Å². The SMILES string of the molecule is CC(F)(F)C1CCCCN1. The fraction of sp³-hybridized carbons (Fsp3) is 1.00. The zero-order valence-corrected chi connectivity index (χ0v) is 6.16. The van der Waals surface area contributed by atoms with E-state index >= 15 is 0 Å². The van der Waals surface area contributed by atoms with Crippen molar-refractivity contribution in [2.45, 2.75) is 38.2 Å². The second kappa shape index (κ2) is 2.82. The zero-order chi connectivity index (χ0) is 7.61. The van der Waals surface area contributed by atoms with Crippen LogP contribution >= 0.6 is 0 Å². The maximum absolute atomic E-state index is 12.5. The Morgan fingerprint density at radius 2 is 2.10 bits per heavy atom. The Kier molecular flexibility index (Phi) is 2.24. The standard InChI is InChI=1S/C7H13F2N/c1-7(8,9)6-4-2-3-5-10-6/h6,10H,2-5H2,1H3. The van der Waals surface area contributed by atoms with Gasteiger partial charge in [-0.25, -0.2) is 8.78 Å². The molecule has 3 heteroatoms. The number of alkyl halides is 2. The molecule has 0 aliphatic carbocycles. The minimum atomic E-state index is -2.54. The van der Waals surface area contributed by atoms with Crippen LogP contribution in [0.2, 0.25) is 0 Å². The molecule has 10 heavy (non-hydrogen) atoms. The van der Waals surface area contributed by atoms with Crippen molar-refractivity contribution in [1.29, 1.82) is 0 Å². The number of nitrogens with one attached hydrogen (secondary N) is 1. The van der Waals surface area contributed by atoms with Crippen LogP contribution in [-0.2, 0) is 0 Å². The summed E-state index contributed by atoms with van der Waals surface area (Å²) >= 11 is 0. The van der Waals surface area contributed by atoms with Gasteiger partial charge >= 0.3 is 0 Å². The third-order valence-corrected chi connectivity index (χ3v) is 1.92. The smallest absolute Gasteiger partial charge is 0.260 e. The number of hydrogen-bond acceptors (Lipinski definition) is 1. The molecule has 1 nitrogen and oxygen atoms in total. The van der Waals surface area contributed by atoms with Crippen molar-refractivity contribution < 1.29 is 8.78 Å². The molecular formula is C7H13F2N. The van der Waals surface area contributed by atoms with Gasteiger partial charge in [-0.05, 0) is 19.4 Å². The highest BCUT2D eigenvalue weighted by atomic mass is 19.3. The first kappa shape index (κ1) is 7.92. The second-order valence-electron chi connectivity index (χ2n) is 2.96. The fourth-order valence-electron chi connectivity index (χ4n) is 1.28. The summed E-state index contributed by atoms with van der Waals surface area (Å²) in [5.41, 5.74) is 0. The summed E-state index contributed by atoms with van der Waals surface area (Å²) in [7, 11) is 0. The van der Waals surface area contributed by atoms with E-state index in [1.165, 1.54) is 0 Å². The average molecular weight is 149 g/mol.